The molecular weight excluding hydrogens is 297 g/mol. The molecule has 0 aromatic heterocycles. The van der Waals surface area contributed by atoms with Gasteiger partial charge in [-0.2, -0.15) is 0 Å². The quantitative estimate of drug-likeness (QED) is 0.906. The van der Waals surface area contributed by atoms with Crippen LogP contribution in [-0.4, -0.2) is 7.11 Å². The Morgan fingerprint density at radius 2 is 1.70 bits per heavy atom. The zero-order valence-electron chi connectivity index (χ0n) is 11.0. The van der Waals surface area contributed by atoms with E-state index < -0.39 is 0 Å². The van der Waals surface area contributed by atoms with Crippen LogP contribution in [0.4, 0.5) is 0 Å². The predicted molar refractivity (Wildman–Crippen MR) is 81.7 cm³/mol. The van der Waals surface area contributed by atoms with Crippen LogP contribution in [0.15, 0.2) is 36.4 Å². The summed E-state index contributed by atoms with van der Waals surface area (Å²) in [5.74, 6) is 1.25. The fraction of sp³-hybridized carbons (Fsp3) is 0.200. The first-order valence-electron chi connectivity index (χ1n) is 6.09. The van der Waals surface area contributed by atoms with Crippen LogP contribution in [0.25, 0.3) is 0 Å². The molecule has 0 aliphatic carbocycles. The average molecular weight is 312 g/mol. The van der Waals surface area contributed by atoms with Crippen molar-refractivity contribution >= 4 is 23.2 Å². The minimum absolute atomic E-state index is 0.256. The van der Waals surface area contributed by atoms with Crippen molar-refractivity contribution in [1.82, 2.24) is 0 Å². The molecule has 106 valence electrons. The first-order chi connectivity index (χ1) is 9.67. The third kappa shape index (κ3) is 3.18. The van der Waals surface area contributed by atoms with Crippen molar-refractivity contribution in [3.63, 3.8) is 0 Å². The number of halogens is 2. The molecule has 0 fully saturated rings. The van der Waals surface area contributed by atoms with E-state index in [1.807, 2.05) is 18.2 Å². The van der Waals surface area contributed by atoms with Crippen molar-refractivity contribution in [3.8, 4) is 11.5 Å². The maximum absolute atomic E-state index is 6.12. The SMILES string of the molecule is COc1cccc(CN)c1OCc1c(Cl)cccc1Cl. The fourth-order valence-corrected chi connectivity index (χ4v) is 2.37. The Morgan fingerprint density at radius 1 is 1.05 bits per heavy atom. The summed E-state index contributed by atoms with van der Waals surface area (Å²) in [6.45, 7) is 0.620. The molecule has 0 saturated heterocycles. The second-order valence-corrected chi connectivity index (χ2v) is 4.96. The first kappa shape index (κ1) is 15.0. The van der Waals surface area contributed by atoms with E-state index in [0.717, 1.165) is 11.1 Å². The monoisotopic (exact) mass is 311 g/mol. The van der Waals surface area contributed by atoms with Crippen molar-refractivity contribution in [3.05, 3.63) is 57.6 Å². The summed E-state index contributed by atoms with van der Waals surface area (Å²) in [6.07, 6.45) is 0. The third-order valence-corrected chi connectivity index (χ3v) is 3.63. The Morgan fingerprint density at radius 3 is 2.30 bits per heavy atom. The number of ether oxygens (including phenoxy) is 2. The highest BCUT2D eigenvalue weighted by molar-refractivity contribution is 6.35. The molecule has 0 bridgehead atoms. The standard InChI is InChI=1S/C15H15Cl2NO2/c1-19-14-7-2-4-10(8-18)15(14)20-9-11-12(16)5-3-6-13(11)17/h2-7H,8-9,18H2,1H3. The number of hydrogen-bond donors (Lipinski definition) is 1. The zero-order chi connectivity index (χ0) is 14.5. The van der Waals surface area contributed by atoms with Crippen molar-refractivity contribution in [2.75, 3.05) is 7.11 Å². The lowest BCUT2D eigenvalue weighted by Gasteiger charge is -2.15. The normalized spacial score (nSPS) is 10.4. The van der Waals surface area contributed by atoms with Crippen molar-refractivity contribution < 1.29 is 9.47 Å². The summed E-state index contributed by atoms with van der Waals surface area (Å²) < 4.78 is 11.1. The topological polar surface area (TPSA) is 44.5 Å². The summed E-state index contributed by atoms with van der Waals surface area (Å²) in [6, 6.07) is 10.9. The summed E-state index contributed by atoms with van der Waals surface area (Å²) in [5.41, 5.74) is 7.32. The van der Waals surface area contributed by atoms with E-state index in [1.165, 1.54) is 0 Å². The number of hydrogen-bond acceptors (Lipinski definition) is 3. The molecule has 0 aliphatic rings. The predicted octanol–water partition coefficient (Wildman–Crippen LogP) is 4.04. The molecule has 5 heteroatoms. The van der Waals surface area contributed by atoms with E-state index in [2.05, 4.69) is 0 Å². The Kier molecular flexibility index (Phi) is 5.12. The summed E-state index contributed by atoms with van der Waals surface area (Å²) in [5, 5.41) is 1.14. The van der Waals surface area contributed by atoms with Crippen LogP contribution in [0.3, 0.4) is 0 Å². The summed E-state index contributed by atoms with van der Waals surface area (Å²) in [7, 11) is 1.59. The average Bonchev–Trinajstić information content (AvgIpc) is 2.46. The van der Waals surface area contributed by atoms with Gasteiger partial charge in [-0.15, -0.1) is 0 Å². The first-order valence-corrected chi connectivity index (χ1v) is 6.84. The van der Waals surface area contributed by atoms with Gasteiger partial charge in [0.2, 0.25) is 0 Å². The van der Waals surface area contributed by atoms with Crippen LogP contribution in [0.1, 0.15) is 11.1 Å². The van der Waals surface area contributed by atoms with E-state index in [-0.39, 0.29) is 6.61 Å². The van der Waals surface area contributed by atoms with Gasteiger partial charge in [-0.05, 0) is 18.2 Å². The molecule has 0 radical (unpaired) electrons. The van der Waals surface area contributed by atoms with Crippen LogP contribution in [0.5, 0.6) is 11.5 Å². The molecule has 3 nitrogen and oxygen atoms in total. The van der Waals surface area contributed by atoms with Gasteiger partial charge in [0.15, 0.2) is 11.5 Å². The number of nitrogens with two attached hydrogens (primary N) is 1. The molecule has 0 aliphatic heterocycles. The molecular formula is C15H15Cl2NO2. The number of rotatable bonds is 5. The minimum Gasteiger partial charge on any atom is -0.493 e. The molecule has 0 saturated carbocycles. The smallest absolute Gasteiger partial charge is 0.166 e. The van der Waals surface area contributed by atoms with Gasteiger partial charge >= 0.3 is 0 Å². The Labute approximate surface area is 128 Å². The molecule has 0 amide bonds. The van der Waals surface area contributed by atoms with Crippen LogP contribution in [-0.2, 0) is 13.2 Å². The summed E-state index contributed by atoms with van der Waals surface area (Å²) in [4.78, 5) is 0. The minimum atomic E-state index is 0.256. The molecule has 2 aromatic rings. The van der Waals surface area contributed by atoms with E-state index in [9.17, 15) is 0 Å². The van der Waals surface area contributed by atoms with E-state index in [4.69, 9.17) is 38.4 Å². The van der Waals surface area contributed by atoms with Gasteiger partial charge in [-0.25, -0.2) is 0 Å². The van der Waals surface area contributed by atoms with E-state index in [1.54, 1.807) is 25.3 Å². The van der Waals surface area contributed by atoms with Gasteiger partial charge in [-0.3, -0.25) is 0 Å². The van der Waals surface area contributed by atoms with Crippen LogP contribution in [0.2, 0.25) is 10.0 Å². The summed E-state index contributed by atoms with van der Waals surface area (Å²) >= 11 is 12.2. The van der Waals surface area contributed by atoms with Crippen molar-refractivity contribution in [2.24, 2.45) is 5.73 Å². The van der Waals surface area contributed by atoms with Gasteiger partial charge < -0.3 is 15.2 Å². The Bertz CT molecular complexity index is 560. The molecule has 0 atom stereocenters. The molecule has 2 N–H and O–H groups in total. The lowest BCUT2D eigenvalue weighted by atomic mass is 10.2. The van der Waals surface area contributed by atoms with Gasteiger partial charge in [0.05, 0.1) is 7.11 Å². The van der Waals surface area contributed by atoms with Crippen LogP contribution < -0.4 is 15.2 Å². The van der Waals surface area contributed by atoms with E-state index in [0.29, 0.717) is 28.1 Å². The molecule has 0 heterocycles. The van der Waals surface area contributed by atoms with Gasteiger partial charge in [0.25, 0.3) is 0 Å². The van der Waals surface area contributed by atoms with Crippen LogP contribution >= 0.6 is 23.2 Å². The highest BCUT2D eigenvalue weighted by Crippen LogP contribution is 2.33. The fourth-order valence-electron chi connectivity index (χ4n) is 1.86. The van der Waals surface area contributed by atoms with E-state index >= 15 is 0 Å². The van der Waals surface area contributed by atoms with Crippen molar-refractivity contribution in [2.45, 2.75) is 13.2 Å². The van der Waals surface area contributed by atoms with Gasteiger partial charge in [-0.1, -0.05) is 41.4 Å². The highest BCUT2D eigenvalue weighted by Gasteiger charge is 2.12. The van der Waals surface area contributed by atoms with Gasteiger partial charge in [0.1, 0.15) is 6.61 Å². The lowest BCUT2D eigenvalue weighted by molar-refractivity contribution is 0.281. The number of methoxy groups -OCH3 is 1. The highest BCUT2D eigenvalue weighted by atomic mass is 35.5. The molecule has 2 rings (SSSR count). The largest absolute Gasteiger partial charge is 0.493 e. The Hall–Kier alpha value is -1.42. The Balaban J connectivity index is 2.27. The maximum Gasteiger partial charge on any atom is 0.166 e. The molecule has 0 spiro atoms. The second kappa shape index (κ2) is 6.84. The zero-order valence-corrected chi connectivity index (χ0v) is 12.5. The maximum atomic E-state index is 6.12. The second-order valence-electron chi connectivity index (χ2n) is 4.14. The molecule has 0 unspecified atom stereocenters. The van der Waals surface area contributed by atoms with Crippen molar-refractivity contribution in [1.29, 1.82) is 0 Å². The van der Waals surface area contributed by atoms with Crippen LogP contribution in [0, 0.1) is 0 Å². The lowest BCUT2D eigenvalue weighted by Crippen LogP contribution is -2.05. The number of para-hydroxylation sites is 1. The third-order valence-electron chi connectivity index (χ3n) is 2.92. The molecule has 20 heavy (non-hydrogen) atoms. The number of benzene rings is 2. The van der Waals surface area contributed by atoms with Gasteiger partial charge in [0, 0.05) is 27.7 Å². The molecule has 2 aromatic carbocycles.